The number of hydrogen-bond acceptors (Lipinski definition) is 7. The number of amides is 1. The van der Waals surface area contributed by atoms with Crippen LogP contribution in [0, 0.1) is 12.7 Å². The van der Waals surface area contributed by atoms with E-state index in [1.165, 1.54) is 42.5 Å². The highest BCUT2D eigenvalue weighted by Crippen LogP contribution is 2.34. The van der Waals surface area contributed by atoms with E-state index in [0.29, 0.717) is 23.6 Å². The van der Waals surface area contributed by atoms with Gasteiger partial charge in [-0.15, -0.1) is 0 Å². The number of aryl methyl sites for hydroxylation is 1. The third-order valence-electron chi connectivity index (χ3n) is 5.51. The van der Waals surface area contributed by atoms with Gasteiger partial charge < -0.3 is 19.5 Å². The van der Waals surface area contributed by atoms with Crippen molar-refractivity contribution in [2.24, 2.45) is 0 Å². The van der Waals surface area contributed by atoms with Crippen LogP contribution in [0.25, 0.3) is 0 Å². The molecule has 1 aliphatic heterocycles. The van der Waals surface area contributed by atoms with Crippen molar-refractivity contribution in [1.29, 1.82) is 0 Å². The predicted molar refractivity (Wildman–Crippen MR) is 134 cm³/mol. The van der Waals surface area contributed by atoms with E-state index in [4.69, 9.17) is 14.2 Å². The van der Waals surface area contributed by atoms with Crippen LogP contribution in [-0.2, 0) is 19.6 Å². The van der Waals surface area contributed by atoms with Crippen LogP contribution >= 0.6 is 0 Å². The number of rotatable bonds is 8. The predicted octanol–water partition coefficient (Wildman–Crippen LogP) is 3.92. The van der Waals surface area contributed by atoms with E-state index >= 15 is 0 Å². The number of fused-ring (bicyclic) bond motifs is 1. The van der Waals surface area contributed by atoms with Gasteiger partial charge in [0.25, 0.3) is 10.0 Å². The highest BCUT2D eigenvalue weighted by atomic mass is 32.2. The average Bonchev–Trinajstić information content (AvgIpc) is 2.88. The maximum absolute atomic E-state index is 14.1. The lowest BCUT2D eigenvalue weighted by Gasteiger charge is -2.25. The van der Waals surface area contributed by atoms with Crippen molar-refractivity contribution in [2.75, 3.05) is 36.0 Å². The van der Waals surface area contributed by atoms with Crippen molar-refractivity contribution < 1.29 is 36.6 Å². The third kappa shape index (κ3) is 5.83. The first-order valence-electron chi connectivity index (χ1n) is 11.4. The maximum atomic E-state index is 14.1. The van der Waals surface area contributed by atoms with Crippen LogP contribution in [-0.4, -0.2) is 46.7 Å². The summed E-state index contributed by atoms with van der Waals surface area (Å²) in [7, 11) is -4.33. The molecular weight excluding hydrogens is 503 g/mol. The van der Waals surface area contributed by atoms with Crippen molar-refractivity contribution in [3.05, 3.63) is 77.6 Å². The van der Waals surface area contributed by atoms with Gasteiger partial charge in [0.1, 0.15) is 25.6 Å². The summed E-state index contributed by atoms with van der Waals surface area (Å²) in [6.45, 7) is 3.53. The fourth-order valence-corrected chi connectivity index (χ4v) is 5.10. The molecule has 9 nitrogen and oxygen atoms in total. The van der Waals surface area contributed by atoms with Gasteiger partial charge in [0, 0.05) is 11.8 Å². The second-order valence-electron chi connectivity index (χ2n) is 8.10. The molecule has 0 saturated heterocycles. The Morgan fingerprint density at radius 3 is 2.51 bits per heavy atom. The summed E-state index contributed by atoms with van der Waals surface area (Å²) >= 11 is 0. The van der Waals surface area contributed by atoms with Gasteiger partial charge >= 0.3 is 5.97 Å². The van der Waals surface area contributed by atoms with Crippen LogP contribution in [0.15, 0.2) is 65.6 Å². The van der Waals surface area contributed by atoms with Gasteiger partial charge in [-0.1, -0.05) is 12.1 Å². The zero-order valence-electron chi connectivity index (χ0n) is 20.2. The molecule has 1 N–H and O–H groups in total. The molecule has 1 amide bonds. The van der Waals surface area contributed by atoms with Gasteiger partial charge in [-0.2, -0.15) is 0 Å². The standard InChI is InChI=1S/C26H25FN2O7S/c1-3-34-26(31)18-8-7-17(2)22(13-18)28-25(30)16-29(20-6-4-5-19(27)14-20)37(32,33)21-9-10-23-24(15-21)36-12-11-35-23/h4-10,13-15H,3,11-12,16H2,1-2H3,(H,28,30). The Bertz CT molecular complexity index is 1440. The number of esters is 1. The molecule has 0 unspecified atom stereocenters. The van der Waals surface area contributed by atoms with E-state index in [9.17, 15) is 22.4 Å². The lowest BCUT2D eigenvalue weighted by Crippen LogP contribution is -2.38. The van der Waals surface area contributed by atoms with E-state index < -0.39 is 34.3 Å². The third-order valence-corrected chi connectivity index (χ3v) is 7.28. The fourth-order valence-electron chi connectivity index (χ4n) is 3.68. The summed E-state index contributed by atoms with van der Waals surface area (Å²) in [5.41, 5.74) is 1.15. The molecule has 11 heteroatoms. The number of nitrogens with one attached hydrogen (secondary N) is 1. The lowest BCUT2D eigenvalue weighted by atomic mass is 10.1. The number of carbonyl (C=O) groups excluding carboxylic acids is 2. The second kappa shape index (κ2) is 10.9. The van der Waals surface area contributed by atoms with Crippen LogP contribution in [0.3, 0.4) is 0 Å². The molecule has 0 aliphatic carbocycles. The molecular formula is C26H25FN2O7S. The van der Waals surface area contributed by atoms with E-state index in [1.807, 2.05) is 0 Å². The van der Waals surface area contributed by atoms with Crippen molar-refractivity contribution in [2.45, 2.75) is 18.7 Å². The minimum atomic E-state index is -4.33. The number of hydrogen-bond donors (Lipinski definition) is 1. The van der Waals surface area contributed by atoms with Crippen LogP contribution in [0.4, 0.5) is 15.8 Å². The fraction of sp³-hybridized carbons (Fsp3) is 0.231. The van der Waals surface area contributed by atoms with Gasteiger partial charge in [-0.05, 0) is 61.9 Å². The molecule has 37 heavy (non-hydrogen) atoms. The molecule has 194 valence electrons. The molecule has 4 rings (SSSR count). The van der Waals surface area contributed by atoms with E-state index in [-0.39, 0.29) is 35.1 Å². The first kappa shape index (κ1) is 26.0. The minimum absolute atomic E-state index is 0.0398. The highest BCUT2D eigenvalue weighted by molar-refractivity contribution is 7.92. The number of nitrogens with zero attached hydrogens (tertiary/aromatic N) is 1. The Morgan fingerprint density at radius 2 is 1.78 bits per heavy atom. The van der Waals surface area contributed by atoms with Gasteiger partial charge in [-0.25, -0.2) is 17.6 Å². The van der Waals surface area contributed by atoms with Gasteiger partial charge in [0.15, 0.2) is 11.5 Å². The number of benzene rings is 3. The molecule has 0 fully saturated rings. The van der Waals surface area contributed by atoms with Crippen LogP contribution < -0.4 is 19.1 Å². The normalized spacial score (nSPS) is 12.5. The Kier molecular flexibility index (Phi) is 7.63. The molecule has 0 atom stereocenters. The van der Waals surface area contributed by atoms with E-state index in [2.05, 4.69) is 5.32 Å². The topological polar surface area (TPSA) is 111 Å². The van der Waals surface area contributed by atoms with Crippen molar-refractivity contribution in [3.8, 4) is 11.5 Å². The first-order chi connectivity index (χ1) is 17.7. The Hall–Kier alpha value is -4.12. The first-order valence-corrected chi connectivity index (χ1v) is 12.9. The molecule has 0 spiro atoms. The molecule has 1 heterocycles. The Morgan fingerprint density at radius 1 is 1.03 bits per heavy atom. The summed E-state index contributed by atoms with van der Waals surface area (Å²) in [5, 5.41) is 2.64. The number of halogens is 1. The smallest absolute Gasteiger partial charge is 0.338 e. The number of anilines is 2. The summed E-state index contributed by atoms with van der Waals surface area (Å²) in [5.74, 6) is -1.27. The van der Waals surface area contributed by atoms with Crippen LogP contribution in [0.2, 0.25) is 0 Å². The molecule has 0 bridgehead atoms. The Balaban J connectivity index is 1.65. The van der Waals surface area contributed by atoms with Crippen molar-refractivity contribution in [3.63, 3.8) is 0 Å². The highest BCUT2D eigenvalue weighted by Gasteiger charge is 2.29. The van der Waals surface area contributed by atoms with Gasteiger partial charge in [0.05, 0.1) is 22.8 Å². The van der Waals surface area contributed by atoms with E-state index in [0.717, 1.165) is 10.4 Å². The molecule has 3 aromatic rings. The summed E-state index contributed by atoms with van der Waals surface area (Å²) in [4.78, 5) is 25.0. The number of carbonyl (C=O) groups is 2. The van der Waals surface area contributed by atoms with Gasteiger partial charge in [-0.3, -0.25) is 9.10 Å². The number of ether oxygens (including phenoxy) is 3. The maximum Gasteiger partial charge on any atom is 0.338 e. The minimum Gasteiger partial charge on any atom is -0.486 e. The monoisotopic (exact) mass is 528 g/mol. The Labute approximate surface area is 213 Å². The largest absolute Gasteiger partial charge is 0.486 e. The van der Waals surface area contributed by atoms with Crippen molar-refractivity contribution in [1.82, 2.24) is 0 Å². The SMILES string of the molecule is CCOC(=O)c1ccc(C)c(NC(=O)CN(c2cccc(F)c2)S(=O)(=O)c2ccc3c(c2)OCCO3)c1. The summed E-state index contributed by atoms with van der Waals surface area (Å²) in [6, 6.07) is 13.7. The quantitative estimate of drug-likeness (QED) is 0.441. The summed E-state index contributed by atoms with van der Waals surface area (Å²) in [6.07, 6.45) is 0. The second-order valence-corrected chi connectivity index (χ2v) is 9.96. The van der Waals surface area contributed by atoms with Gasteiger partial charge in [0.2, 0.25) is 5.91 Å². The van der Waals surface area contributed by atoms with Crippen molar-refractivity contribution >= 4 is 33.3 Å². The van der Waals surface area contributed by atoms with Crippen LogP contribution in [0.1, 0.15) is 22.8 Å². The lowest BCUT2D eigenvalue weighted by molar-refractivity contribution is -0.114. The van der Waals surface area contributed by atoms with Crippen LogP contribution in [0.5, 0.6) is 11.5 Å². The number of sulfonamides is 1. The average molecular weight is 529 g/mol. The summed E-state index contributed by atoms with van der Waals surface area (Å²) < 4.78 is 58.2. The zero-order valence-corrected chi connectivity index (χ0v) is 21.0. The molecule has 3 aromatic carbocycles. The molecule has 0 radical (unpaired) electrons. The molecule has 0 aromatic heterocycles. The van der Waals surface area contributed by atoms with E-state index in [1.54, 1.807) is 26.0 Å². The molecule has 1 aliphatic rings. The zero-order chi connectivity index (χ0) is 26.6. The molecule has 0 saturated carbocycles.